The molecule has 2 N–H and O–H groups in total. The molecule has 1 aliphatic rings. The molecule has 1 rings (SSSR count). The van der Waals surface area contributed by atoms with E-state index in [4.69, 9.17) is 39.5 Å². The van der Waals surface area contributed by atoms with Crippen molar-refractivity contribution in [3.63, 3.8) is 0 Å². The predicted octanol–water partition coefficient (Wildman–Crippen LogP) is 1.06. The number of ether oxygens (including phenoxy) is 1. The number of hydrogen-bond acceptors (Lipinski definition) is 3. The molecule has 0 aromatic rings. The second kappa shape index (κ2) is 6.44. The van der Waals surface area contributed by atoms with Crippen molar-refractivity contribution in [2.45, 2.75) is 23.7 Å². The third-order valence-corrected chi connectivity index (χ3v) is 3.58. The Morgan fingerprint density at radius 1 is 1.28 bits per heavy atom. The van der Waals surface area contributed by atoms with Crippen LogP contribution in [0.2, 0.25) is 0 Å². The number of aliphatic hydroxyl groups excluding tert-OH is 1. The number of aliphatic hydroxyl groups is 1. The van der Waals surface area contributed by atoms with E-state index in [1.54, 1.807) is 0 Å². The largest absolute Gasteiger partial charge is 0.512 e. The molecule has 0 amide bonds. The smallest absolute Gasteiger partial charge is 0.246 e. The Morgan fingerprint density at radius 3 is 2.11 bits per heavy atom. The van der Waals surface area contributed by atoms with Crippen molar-refractivity contribution in [3.8, 4) is 0 Å². The number of quaternary nitrogens is 1. The monoisotopic (exact) mass is 316 g/mol. The standard InChI is InChI=1S/C11H16Cl3NO3/c1-7(16)9(8(2)17)10(11(12,13)14)15-3-5-18-6-4-15/h10,16H,3-6H2,1-2H3/p+1/b9-7-/t10-/m0/s1. The third-order valence-electron chi connectivity index (χ3n) is 2.93. The van der Waals surface area contributed by atoms with Crippen molar-refractivity contribution in [1.82, 2.24) is 0 Å². The lowest BCUT2D eigenvalue weighted by Gasteiger charge is -2.35. The minimum Gasteiger partial charge on any atom is -0.512 e. The van der Waals surface area contributed by atoms with Crippen LogP contribution in [0.3, 0.4) is 0 Å². The molecule has 1 atom stereocenters. The van der Waals surface area contributed by atoms with Gasteiger partial charge in [0, 0.05) is 0 Å². The Kier molecular flexibility index (Phi) is 5.74. The zero-order valence-corrected chi connectivity index (χ0v) is 12.6. The molecule has 0 radical (unpaired) electrons. The molecular weight excluding hydrogens is 300 g/mol. The summed E-state index contributed by atoms with van der Waals surface area (Å²) in [6.45, 7) is 5.13. The van der Waals surface area contributed by atoms with E-state index >= 15 is 0 Å². The fraction of sp³-hybridized carbons (Fsp3) is 0.727. The second-order valence-corrected chi connectivity index (χ2v) is 6.67. The number of hydrogen-bond donors (Lipinski definition) is 2. The van der Waals surface area contributed by atoms with Crippen molar-refractivity contribution in [2.24, 2.45) is 0 Å². The molecule has 1 heterocycles. The Balaban J connectivity index is 3.12. The number of rotatable bonds is 3. The average Bonchev–Trinajstić information content (AvgIpc) is 2.24. The van der Waals surface area contributed by atoms with E-state index in [-0.39, 0.29) is 17.1 Å². The molecule has 0 aromatic heterocycles. The Hall–Kier alpha value is -0.000000000000000111. The summed E-state index contributed by atoms with van der Waals surface area (Å²) in [5.74, 6) is -0.386. The first-order valence-corrected chi connectivity index (χ1v) is 6.78. The van der Waals surface area contributed by atoms with Gasteiger partial charge in [-0.25, -0.2) is 0 Å². The van der Waals surface area contributed by atoms with Gasteiger partial charge < -0.3 is 14.7 Å². The first-order chi connectivity index (χ1) is 8.25. The molecule has 1 saturated heterocycles. The van der Waals surface area contributed by atoms with Crippen LogP contribution in [0.25, 0.3) is 0 Å². The van der Waals surface area contributed by atoms with Crippen LogP contribution in [0.4, 0.5) is 0 Å². The molecule has 0 saturated carbocycles. The van der Waals surface area contributed by atoms with E-state index in [0.29, 0.717) is 26.3 Å². The van der Waals surface area contributed by atoms with E-state index < -0.39 is 9.83 Å². The lowest BCUT2D eigenvalue weighted by Crippen LogP contribution is -3.19. The number of alkyl halides is 3. The predicted molar refractivity (Wildman–Crippen MR) is 71.6 cm³/mol. The van der Waals surface area contributed by atoms with Crippen LogP contribution in [0, 0.1) is 0 Å². The Bertz CT molecular complexity index is 342. The number of Topliss-reactive ketones (excluding diaryl/α,β-unsaturated/α-hetero) is 1. The Morgan fingerprint density at radius 2 is 1.78 bits per heavy atom. The summed E-state index contributed by atoms with van der Waals surface area (Å²) in [6, 6.07) is -0.686. The molecule has 0 bridgehead atoms. The average molecular weight is 318 g/mol. The normalized spacial score (nSPS) is 21.4. The number of nitrogens with one attached hydrogen (secondary N) is 1. The first-order valence-electron chi connectivity index (χ1n) is 5.65. The van der Waals surface area contributed by atoms with E-state index in [2.05, 4.69) is 0 Å². The van der Waals surface area contributed by atoms with Gasteiger partial charge in [-0.05, 0) is 13.8 Å². The summed E-state index contributed by atoms with van der Waals surface area (Å²) in [6.07, 6.45) is 0. The fourth-order valence-electron chi connectivity index (χ4n) is 2.19. The van der Waals surface area contributed by atoms with E-state index in [0.717, 1.165) is 4.90 Å². The zero-order valence-electron chi connectivity index (χ0n) is 10.3. The highest BCUT2D eigenvalue weighted by Crippen LogP contribution is 2.33. The maximum atomic E-state index is 11.7. The number of halogens is 3. The van der Waals surface area contributed by atoms with Crippen molar-refractivity contribution < 1.29 is 19.5 Å². The van der Waals surface area contributed by atoms with Gasteiger partial charge in [0.05, 0.1) is 18.8 Å². The Labute approximate surface area is 121 Å². The summed E-state index contributed by atoms with van der Waals surface area (Å²) in [5, 5.41) is 9.69. The minimum absolute atomic E-state index is 0.0992. The molecule has 4 nitrogen and oxygen atoms in total. The maximum absolute atomic E-state index is 11.7. The van der Waals surface area contributed by atoms with E-state index in [9.17, 15) is 9.90 Å². The second-order valence-electron chi connectivity index (χ2n) is 4.30. The summed E-state index contributed by atoms with van der Waals surface area (Å²) in [4.78, 5) is 12.6. The lowest BCUT2D eigenvalue weighted by molar-refractivity contribution is -0.926. The SMILES string of the molecule is CC(=O)/C(=C(\C)O)[C@H]([NH+]1CCOCC1)C(Cl)(Cl)Cl. The summed E-state index contributed by atoms with van der Waals surface area (Å²) >= 11 is 18.0. The van der Waals surface area contributed by atoms with Crippen LogP contribution in [0.1, 0.15) is 13.8 Å². The molecule has 1 fully saturated rings. The van der Waals surface area contributed by atoms with E-state index in [1.807, 2.05) is 0 Å². The number of morpholine rings is 1. The molecule has 0 spiro atoms. The molecule has 0 aliphatic carbocycles. The molecule has 104 valence electrons. The van der Waals surface area contributed by atoms with Crippen molar-refractivity contribution in [1.29, 1.82) is 0 Å². The number of carbonyl (C=O) groups excluding carboxylic acids is 1. The maximum Gasteiger partial charge on any atom is 0.246 e. The van der Waals surface area contributed by atoms with Gasteiger partial charge in [0.25, 0.3) is 0 Å². The van der Waals surface area contributed by atoms with Crippen LogP contribution >= 0.6 is 34.8 Å². The summed E-state index contributed by atoms with van der Waals surface area (Å²) < 4.78 is 3.59. The molecule has 0 unspecified atom stereocenters. The van der Waals surface area contributed by atoms with Gasteiger partial charge in [0.15, 0.2) is 11.8 Å². The van der Waals surface area contributed by atoms with Gasteiger partial charge in [-0.15, -0.1) is 0 Å². The summed E-state index contributed by atoms with van der Waals surface area (Å²) in [5.41, 5.74) is 0.173. The summed E-state index contributed by atoms with van der Waals surface area (Å²) in [7, 11) is 0. The quantitative estimate of drug-likeness (QED) is 0.465. The third kappa shape index (κ3) is 4.00. The van der Waals surface area contributed by atoms with Crippen molar-refractivity contribution >= 4 is 40.6 Å². The van der Waals surface area contributed by atoms with Crippen LogP contribution < -0.4 is 4.90 Å². The highest BCUT2D eigenvalue weighted by atomic mass is 35.6. The molecule has 0 aromatic carbocycles. The zero-order chi connectivity index (χ0) is 13.9. The van der Waals surface area contributed by atoms with Crippen molar-refractivity contribution in [3.05, 3.63) is 11.3 Å². The highest BCUT2D eigenvalue weighted by Gasteiger charge is 2.46. The van der Waals surface area contributed by atoms with Crippen LogP contribution in [0.15, 0.2) is 11.3 Å². The molecule has 1 aliphatic heterocycles. The van der Waals surface area contributed by atoms with Crippen LogP contribution in [0.5, 0.6) is 0 Å². The van der Waals surface area contributed by atoms with Gasteiger partial charge in [0.2, 0.25) is 3.79 Å². The first kappa shape index (κ1) is 16.1. The lowest BCUT2D eigenvalue weighted by atomic mass is 10.0. The van der Waals surface area contributed by atoms with Crippen LogP contribution in [-0.2, 0) is 9.53 Å². The van der Waals surface area contributed by atoms with Crippen LogP contribution in [-0.4, -0.2) is 47.0 Å². The molecule has 7 heteroatoms. The van der Waals surface area contributed by atoms with Gasteiger partial charge in [-0.2, -0.15) is 0 Å². The minimum atomic E-state index is -1.66. The topological polar surface area (TPSA) is 51.0 Å². The highest BCUT2D eigenvalue weighted by molar-refractivity contribution is 6.68. The number of carbonyl (C=O) groups is 1. The molecular formula is C11H17Cl3NO3+. The van der Waals surface area contributed by atoms with Gasteiger partial charge in [-0.3, -0.25) is 4.79 Å². The van der Waals surface area contributed by atoms with Gasteiger partial charge in [-0.1, -0.05) is 34.8 Å². The van der Waals surface area contributed by atoms with E-state index in [1.165, 1.54) is 13.8 Å². The number of allylic oxidation sites excluding steroid dienone is 1. The fourth-order valence-corrected chi connectivity index (χ4v) is 2.98. The van der Waals surface area contributed by atoms with Gasteiger partial charge in [0.1, 0.15) is 18.8 Å². The molecule has 18 heavy (non-hydrogen) atoms. The van der Waals surface area contributed by atoms with Gasteiger partial charge >= 0.3 is 0 Å². The van der Waals surface area contributed by atoms with Crippen molar-refractivity contribution in [2.75, 3.05) is 26.3 Å². The number of ketones is 1.